The highest BCUT2D eigenvalue weighted by molar-refractivity contribution is 9.10. The number of carboxylic acids is 1. The molecule has 0 unspecified atom stereocenters. The van der Waals surface area contributed by atoms with Gasteiger partial charge in [0.2, 0.25) is 0 Å². The quantitative estimate of drug-likeness (QED) is 0.628. The number of likely N-dealkylation sites (tertiary alicyclic amines) is 1. The van der Waals surface area contributed by atoms with Crippen LogP contribution in [0.1, 0.15) is 18.5 Å². The van der Waals surface area contributed by atoms with Gasteiger partial charge in [-0.25, -0.2) is 4.98 Å². The van der Waals surface area contributed by atoms with Gasteiger partial charge in [0, 0.05) is 27.8 Å². The summed E-state index contributed by atoms with van der Waals surface area (Å²) >= 11 is 9.59. The number of fused-ring (bicyclic) bond motifs is 1. The van der Waals surface area contributed by atoms with Crippen molar-refractivity contribution in [2.45, 2.75) is 19.4 Å². The van der Waals surface area contributed by atoms with E-state index in [1.165, 1.54) is 0 Å². The van der Waals surface area contributed by atoms with Crippen molar-refractivity contribution in [3.05, 3.63) is 57.8 Å². The zero-order valence-corrected chi connectivity index (χ0v) is 16.9. The number of halogens is 2. The molecule has 0 radical (unpaired) electrons. The number of piperidine rings is 1. The maximum absolute atomic E-state index is 11.2. The second-order valence-electron chi connectivity index (χ2n) is 6.88. The SMILES string of the molecule is O=C(O)C1CCN(Cc2c(-c3ccc(Cl)cc3)nc3ccc(Br)cn23)CC1. The lowest BCUT2D eigenvalue weighted by Crippen LogP contribution is -2.36. The molecule has 0 amide bonds. The van der Waals surface area contributed by atoms with Gasteiger partial charge >= 0.3 is 5.97 Å². The van der Waals surface area contributed by atoms with Crippen molar-refractivity contribution in [1.29, 1.82) is 0 Å². The van der Waals surface area contributed by atoms with Crippen LogP contribution >= 0.6 is 27.5 Å². The van der Waals surface area contributed by atoms with Crippen molar-refractivity contribution in [2.24, 2.45) is 5.92 Å². The van der Waals surface area contributed by atoms with Crippen molar-refractivity contribution >= 4 is 39.1 Å². The first-order chi connectivity index (χ1) is 13.0. The molecule has 27 heavy (non-hydrogen) atoms. The molecule has 0 spiro atoms. The van der Waals surface area contributed by atoms with E-state index in [0.29, 0.717) is 17.9 Å². The van der Waals surface area contributed by atoms with Crippen molar-refractivity contribution in [1.82, 2.24) is 14.3 Å². The van der Waals surface area contributed by atoms with E-state index < -0.39 is 5.97 Å². The molecule has 0 atom stereocenters. The Morgan fingerprint density at radius 3 is 2.56 bits per heavy atom. The molecule has 0 saturated carbocycles. The second kappa shape index (κ2) is 7.62. The van der Waals surface area contributed by atoms with Crippen molar-refractivity contribution in [2.75, 3.05) is 13.1 Å². The van der Waals surface area contributed by atoms with Crippen LogP contribution in [0.3, 0.4) is 0 Å². The number of rotatable bonds is 4. The standard InChI is InChI=1S/C20H19BrClN3O2/c21-15-3-6-18-23-19(13-1-4-16(22)5-2-13)17(25(18)11-15)12-24-9-7-14(8-10-24)20(26)27/h1-6,11,14H,7-10,12H2,(H,26,27). The first-order valence-electron chi connectivity index (χ1n) is 8.89. The molecule has 1 aliphatic heterocycles. The van der Waals surface area contributed by atoms with Crippen LogP contribution in [0.5, 0.6) is 0 Å². The van der Waals surface area contributed by atoms with Gasteiger partial charge in [-0.15, -0.1) is 0 Å². The summed E-state index contributed by atoms with van der Waals surface area (Å²) in [7, 11) is 0. The summed E-state index contributed by atoms with van der Waals surface area (Å²) in [6, 6.07) is 11.7. The molecule has 1 fully saturated rings. The number of carboxylic acid groups (broad SMARTS) is 1. The van der Waals surface area contributed by atoms with E-state index in [2.05, 4.69) is 25.2 Å². The molecule has 2 aromatic heterocycles. The lowest BCUT2D eigenvalue weighted by atomic mass is 9.97. The fourth-order valence-corrected chi connectivity index (χ4v) is 4.07. The van der Waals surface area contributed by atoms with Crippen molar-refractivity contribution in [3.8, 4) is 11.3 Å². The maximum atomic E-state index is 11.2. The van der Waals surface area contributed by atoms with Crippen LogP contribution in [0.15, 0.2) is 47.1 Å². The average molecular weight is 449 g/mol. The van der Waals surface area contributed by atoms with Crippen molar-refractivity contribution < 1.29 is 9.90 Å². The van der Waals surface area contributed by atoms with Gasteiger partial charge in [0.1, 0.15) is 5.65 Å². The lowest BCUT2D eigenvalue weighted by molar-refractivity contribution is -0.143. The van der Waals surface area contributed by atoms with E-state index in [4.69, 9.17) is 16.6 Å². The fraction of sp³-hybridized carbons (Fsp3) is 0.300. The van der Waals surface area contributed by atoms with Crippen molar-refractivity contribution in [3.63, 3.8) is 0 Å². The van der Waals surface area contributed by atoms with Crippen LogP contribution in [0.25, 0.3) is 16.9 Å². The number of imidazole rings is 1. The molecular weight excluding hydrogens is 430 g/mol. The van der Waals surface area contributed by atoms with Gasteiger partial charge in [-0.05, 0) is 66.1 Å². The van der Waals surface area contributed by atoms with Crippen LogP contribution < -0.4 is 0 Å². The number of benzene rings is 1. The molecule has 7 heteroatoms. The minimum atomic E-state index is -0.685. The van der Waals surface area contributed by atoms with Gasteiger partial charge in [-0.3, -0.25) is 9.69 Å². The molecule has 3 aromatic rings. The Bertz CT molecular complexity index is 979. The first-order valence-corrected chi connectivity index (χ1v) is 10.1. The van der Waals surface area contributed by atoms with E-state index in [1.54, 1.807) is 0 Å². The number of aromatic nitrogens is 2. The van der Waals surface area contributed by atoms with Gasteiger partial charge < -0.3 is 9.51 Å². The van der Waals surface area contributed by atoms with Gasteiger partial charge in [-0.1, -0.05) is 23.7 Å². The number of carbonyl (C=O) groups is 1. The van der Waals surface area contributed by atoms with E-state index in [9.17, 15) is 9.90 Å². The average Bonchev–Trinajstić information content (AvgIpc) is 3.00. The summed E-state index contributed by atoms with van der Waals surface area (Å²) in [5.41, 5.74) is 3.95. The third-order valence-corrected chi connectivity index (χ3v) is 5.83. The molecule has 1 N–H and O–H groups in total. The Balaban J connectivity index is 1.69. The summed E-state index contributed by atoms with van der Waals surface area (Å²) in [5.74, 6) is -0.913. The predicted molar refractivity (Wildman–Crippen MR) is 109 cm³/mol. The molecule has 0 aliphatic carbocycles. The van der Waals surface area contributed by atoms with Gasteiger partial charge in [0.15, 0.2) is 0 Å². The van der Waals surface area contributed by atoms with E-state index in [1.807, 2.05) is 42.6 Å². The summed E-state index contributed by atoms with van der Waals surface area (Å²) in [6.45, 7) is 2.28. The van der Waals surface area contributed by atoms with Crippen LogP contribution in [0.4, 0.5) is 0 Å². The summed E-state index contributed by atoms with van der Waals surface area (Å²) in [6.07, 6.45) is 3.40. The molecule has 1 aliphatic rings. The smallest absolute Gasteiger partial charge is 0.306 e. The summed E-state index contributed by atoms with van der Waals surface area (Å²) < 4.78 is 3.10. The molecule has 0 bridgehead atoms. The monoisotopic (exact) mass is 447 g/mol. The number of hydrogen-bond donors (Lipinski definition) is 1. The highest BCUT2D eigenvalue weighted by atomic mass is 79.9. The number of pyridine rings is 1. The van der Waals surface area contributed by atoms with Gasteiger partial charge in [-0.2, -0.15) is 0 Å². The van der Waals surface area contributed by atoms with E-state index >= 15 is 0 Å². The highest BCUT2D eigenvalue weighted by Gasteiger charge is 2.26. The Morgan fingerprint density at radius 2 is 1.89 bits per heavy atom. The third kappa shape index (κ3) is 3.88. The first kappa shape index (κ1) is 18.5. The molecule has 1 saturated heterocycles. The predicted octanol–water partition coefficient (Wildman–Crippen LogP) is 4.71. The van der Waals surface area contributed by atoms with Crippen LogP contribution in [0.2, 0.25) is 5.02 Å². The Morgan fingerprint density at radius 1 is 1.19 bits per heavy atom. The van der Waals surface area contributed by atoms with E-state index in [0.717, 1.165) is 46.7 Å². The zero-order chi connectivity index (χ0) is 19.0. The van der Waals surface area contributed by atoms with Gasteiger partial charge in [0.25, 0.3) is 0 Å². The minimum absolute atomic E-state index is 0.228. The minimum Gasteiger partial charge on any atom is -0.481 e. The molecular formula is C20H19BrClN3O2. The maximum Gasteiger partial charge on any atom is 0.306 e. The van der Waals surface area contributed by atoms with E-state index in [-0.39, 0.29) is 5.92 Å². The van der Waals surface area contributed by atoms with Gasteiger partial charge in [0.05, 0.1) is 17.3 Å². The third-order valence-electron chi connectivity index (χ3n) is 5.11. The Kier molecular flexibility index (Phi) is 5.21. The number of nitrogens with zero attached hydrogens (tertiary/aromatic N) is 3. The largest absolute Gasteiger partial charge is 0.481 e. The molecule has 4 rings (SSSR count). The lowest BCUT2D eigenvalue weighted by Gasteiger charge is -2.30. The molecule has 1 aromatic carbocycles. The summed E-state index contributed by atoms with van der Waals surface area (Å²) in [4.78, 5) is 18.4. The topological polar surface area (TPSA) is 57.8 Å². The molecule has 3 heterocycles. The molecule has 5 nitrogen and oxygen atoms in total. The van der Waals surface area contributed by atoms with Crippen LogP contribution in [0, 0.1) is 5.92 Å². The second-order valence-corrected chi connectivity index (χ2v) is 8.23. The summed E-state index contributed by atoms with van der Waals surface area (Å²) in [5, 5.41) is 9.92. The Hall–Kier alpha value is -1.89. The Labute approximate surface area is 170 Å². The highest BCUT2D eigenvalue weighted by Crippen LogP contribution is 2.29. The molecule has 140 valence electrons. The number of aliphatic carboxylic acids is 1. The fourth-order valence-electron chi connectivity index (χ4n) is 3.61. The van der Waals surface area contributed by atoms with Crippen LogP contribution in [-0.4, -0.2) is 38.4 Å². The normalized spacial score (nSPS) is 16.1. The van der Waals surface area contributed by atoms with Crippen LogP contribution in [-0.2, 0) is 11.3 Å². The number of hydrogen-bond acceptors (Lipinski definition) is 3. The zero-order valence-electron chi connectivity index (χ0n) is 14.6.